The molecular formula is C18H20ClN3O2S. The number of hydrogen-bond donors (Lipinski definition) is 2. The van der Waals surface area contributed by atoms with Crippen LogP contribution in [0.25, 0.3) is 0 Å². The van der Waals surface area contributed by atoms with E-state index in [1.807, 2.05) is 17.0 Å². The number of carbonyl (C=O) groups excluding carboxylic acids is 2. The Morgan fingerprint density at radius 2 is 2.12 bits per heavy atom. The third kappa shape index (κ3) is 4.96. The monoisotopic (exact) mass is 377 g/mol. The van der Waals surface area contributed by atoms with E-state index in [-0.39, 0.29) is 11.9 Å². The summed E-state index contributed by atoms with van der Waals surface area (Å²) in [5, 5.41) is 8.19. The minimum Gasteiger partial charge on any atom is -0.338 e. The van der Waals surface area contributed by atoms with Gasteiger partial charge < -0.3 is 15.5 Å². The lowest BCUT2D eigenvalue weighted by Crippen LogP contribution is -2.40. The fourth-order valence-corrected chi connectivity index (χ4v) is 3.90. The minimum absolute atomic E-state index is 0.0759. The van der Waals surface area contributed by atoms with E-state index >= 15 is 0 Å². The normalized spacial score (nSPS) is 13.2. The maximum absolute atomic E-state index is 12.3. The number of benzene rings is 1. The Morgan fingerprint density at radius 1 is 1.24 bits per heavy atom. The van der Waals surface area contributed by atoms with Gasteiger partial charge in [-0.05, 0) is 41.1 Å². The molecule has 0 atom stereocenters. The summed E-state index contributed by atoms with van der Waals surface area (Å²) in [7, 11) is 0. The van der Waals surface area contributed by atoms with Crippen molar-refractivity contribution in [3.8, 4) is 0 Å². The van der Waals surface area contributed by atoms with Gasteiger partial charge in [0.1, 0.15) is 0 Å². The first kappa shape index (κ1) is 17.8. The third-order valence-electron chi connectivity index (χ3n) is 4.13. The van der Waals surface area contributed by atoms with Crippen molar-refractivity contribution in [1.82, 2.24) is 15.5 Å². The molecule has 5 nitrogen and oxygen atoms in total. The molecule has 2 N–H and O–H groups in total. The number of fused-ring (bicyclic) bond motifs is 1. The van der Waals surface area contributed by atoms with Gasteiger partial charge in [0, 0.05) is 42.5 Å². The number of rotatable bonds is 5. The van der Waals surface area contributed by atoms with Crippen molar-refractivity contribution in [3.63, 3.8) is 0 Å². The smallest absolute Gasteiger partial charge is 0.315 e. The van der Waals surface area contributed by atoms with Crippen LogP contribution in [0.2, 0.25) is 5.02 Å². The maximum atomic E-state index is 12.3. The van der Waals surface area contributed by atoms with Crippen molar-refractivity contribution in [1.29, 1.82) is 0 Å². The van der Waals surface area contributed by atoms with Crippen LogP contribution < -0.4 is 10.6 Å². The zero-order chi connectivity index (χ0) is 17.6. The second-order valence-electron chi connectivity index (χ2n) is 5.92. The molecular weight excluding hydrogens is 358 g/mol. The lowest BCUT2D eigenvalue weighted by atomic mass is 10.1. The molecule has 0 saturated heterocycles. The molecule has 1 aliphatic heterocycles. The average Bonchev–Trinajstić information content (AvgIpc) is 3.07. The van der Waals surface area contributed by atoms with Gasteiger partial charge in [-0.25, -0.2) is 4.79 Å². The molecule has 1 aliphatic rings. The van der Waals surface area contributed by atoms with Crippen molar-refractivity contribution in [2.45, 2.75) is 25.9 Å². The van der Waals surface area contributed by atoms with Crippen molar-refractivity contribution in [2.75, 3.05) is 13.1 Å². The first-order chi connectivity index (χ1) is 12.1. The van der Waals surface area contributed by atoms with Crippen LogP contribution in [0, 0.1) is 0 Å². The summed E-state index contributed by atoms with van der Waals surface area (Å²) < 4.78 is 0. The van der Waals surface area contributed by atoms with E-state index in [9.17, 15) is 9.59 Å². The quantitative estimate of drug-likeness (QED) is 0.840. The van der Waals surface area contributed by atoms with Crippen molar-refractivity contribution >= 4 is 34.9 Å². The van der Waals surface area contributed by atoms with Crippen LogP contribution >= 0.6 is 22.9 Å². The van der Waals surface area contributed by atoms with Gasteiger partial charge in [-0.1, -0.05) is 23.7 Å². The maximum Gasteiger partial charge on any atom is 0.315 e. The summed E-state index contributed by atoms with van der Waals surface area (Å²) in [6.07, 6.45) is 1.23. The van der Waals surface area contributed by atoms with Crippen LogP contribution in [0.1, 0.15) is 22.4 Å². The number of amides is 3. The van der Waals surface area contributed by atoms with E-state index in [1.54, 1.807) is 23.5 Å². The van der Waals surface area contributed by atoms with Gasteiger partial charge in [-0.15, -0.1) is 11.3 Å². The largest absolute Gasteiger partial charge is 0.338 e. The Morgan fingerprint density at radius 3 is 2.96 bits per heavy atom. The molecule has 25 heavy (non-hydrogen) atoms. The molecule has 1 aromatic carbocycles. The van der Waals surface area contributed by atoms with E-state index in [2.05, 4.69) is 22.1 Å². The zero-order valence-corrected chi connectivity index (χ0v) is 15.3. The molecule has 0 bridgehead atoms. The topological polar surface area (TPSA) is 61.4 Å². The summed E-state index contributed by atoms with van der Waals surface area (Å²) in [6, 6.07) is 9.13. The van der Waals surface area contributed by atoms with Crippen LogP contribution in [-0.4, -0.2) is 29.9 Å². The van der Waals surface area contributed by atoms with Gasteiger partial charge >= 0.3 is 6.03 Å². The van der Waals surface area contributed by atoms with Crippen molar-refractivity contribution in [2.24, 2.45) is 0 Å². The molecule has 0 aliphatic carbocycles. The highest BCUT2D eigenvalue weighted by Crippen LogP contribution is 2.24. The fraction of sp³-hybridized carbons (Fsp3) is 0.333. The molecule has 0 unspecified atom stereocenters. The Labute approximate surface area is 156 Å². The van der Waals surface area contributed by atoms with Crippen molar-refractivity contribution < 1.29 is 9.59 Å². The average molecular weight is 378 g/mol. The standard InChI is InChI=1S/C18H20ClN3O2S/c19-15-3-1-2-13(10-15)11-21-18(24)20-7-4-17(23)22-8-5-16-14(12-22)6-9-25-16/h1-3,6,9-10H,4-5,7-8,11-12H2,(H2,20,21,24). The molecule has 3 rings (SSSR count). The van der Waals surface area contributed by atoms with Gasteiger partial charge in [0.2, 0.25) is 5.91 Å². The van der Waals surface area contributed by atoms with Gasteiger partial charge in [-0.3, -0.25) is 4.79 Å². The summed E-state index contributed by atoms with van der Waals surface area (Å²) in [6.45, 7) is 2.16. The number of carbonyl (C=O) groups is 2. The lowest BCUT2D eigenvalue weighted by Gasteiger charge is -2.27. The van der Waals surface area contributed by atoms with Crippen molar-refractivity contribution in [3.05, 3.63) is 56.7 Å². The number of nitrogens with one attached hydrogen (secondary N) is 2. The number of urea groups is 1. The Balaban J connectivity index is 1.36. The van der Waals surface area contributed by atoms with Crippen LogP contribution in [0.3, 0.4) is 0 Å². The molecule has 0 saturated carbocycles. The summed E-state index contributed by atoms with van der Waals surface area (Å²) in [5.41, 5.74) is 2.18. The first-order valence-corrected chi connectivity index (χ1v) is 9.47. The lowest BCUT2D eigenvalue weighted by molar-refractivity contribution is -0.131. The minimum atomic E-state index is -0.286. The fourth-order valence-electron chi connectivity index (χ4n) is 2.79. The predicted octanol–water partition coefficient (Wildman–Crippen LogP) is 3.18. The Bertz CT molecular complexity index is 762. The number of halogens is 1. The van der Waals surface area contributed by atoms with E-state index in [4.69, 9.17) is 11.6 Å². The van der Waals surface area contributed by atoms with Gasteiger partial charge in [0.15, 0.2) is 0 Å². The van der Waals surface area contributed by atoms with Gasteiger partial charge in [-0.2, -0.15) is 0 Å². The second kappa shape index (κ2) is 8.36. The number of hydrogen-bond acceptors (Lipinski definition) is 3. The van der Waals surface area contributed by atoms with Gasteiger partial charge in [0.05, 0.1) is 0 Å². The molecule has 0 spiro atoms. The number of nitrogens with zero attached hydrogens (tertiary/aromatic N) is 1. The molecule has 3 amide bonds. The summed E-state index contributed by atoms with van der Waals surface area (Å²) >= 11 is 7.66. The van der Waals surface area contributed by atoms with E-state index < -0.39 is 0 Å². The molecule has 2 aromatic rings. The molecule has 132 valence electrons. The van der Waals surface area contributed by atoms with E-state index in [1.165, 1.54) is 10.4 Å². The zero-order valence-electron chi connectivity index (χ0n) is 13.8. The molecule has 2 heterocycles. The highest BCUT2D eigenvalue weighted by molar-refractivity contribution is 7.10. The molecule has 0 radical (unpaired) electrons. The first-order valence-electron chi connectivity index (χ1n) is 8.21. The van der Waals surface area contributed by atoms with E-state index in [0.29, 0.717) is 31.1 Å². The SMILES string of the molecule is O=C(NCCC(=O)N1CCc2sccc2C1)NCc1cccc(Cl)c1. The second-order valence-corrected chi connectivity index (χ2v) is 7.36. The molecule has 1 aromatic heterocycles. The Hall–Kier alpha value is -2.05. The third-order valence-corrected chi connectivity index (χ3v) is 5.38. The number of thiophene rings is 1. The molecule has 0 fully saturated rings. The van der Waals surface area contributed by atoms with Crippen LogP contribution in [0.5, 0.6) is 0 Å². The molecule has 7 heteroatoms. The van der Waals surface area contributed by atoms with Crippen LogP contribution in [0.4, 0.5) is 4.79 Å². The predicted molar refractivity (Wildman–Crippen MR) is 99.7 cm³/mol. The van der Waals surface area contributed by atoms with E-state index in [0.717, 1.165) is 18.5 Å². The highest BCUT2D eigenvalue weighted by atomic mass is 35.5. The Kier molecular flexibility index (Phi) is 5.94. The van der Waals surface area contributed by atoms with Crippen LogP contribution in [-0.2, 0) is 24.3 Å². The summed E-state index contributed by atoms with van der Waals surface area (Å²) in [4.78, 5) is 27.3. The summed E-state index contributed by atoms with van der Waals surface area (Å²) in [5.74, 6) is 0.0759. The highest BCUT2D eigenvalue weighted by Gasteiger charge is 2.21. The van der Waals surface area contributed by atoms with Crippen LogP contribution in [0.15, 0.2) is 35.7 Å². The van der Waals surface area contributed by atoms with Gasteiger partial charge in [0.25, 0.3) is 0 Å².